The third kappa shape index (κ3) is 3.15. The molecule has 0 atom stereocenters. The van der Waals surface area contributed by atoms with Crippen LogP contribution in [0.4, 0.5) is 5.82 Å². The molecule has 15 heavy (non-hydrogen) atoms. The highest BCUT2D eigenvalue weighted by Crippen LogP contribution is 2.11. The fourth-order valence-electron chi connectivity index (χ4n) is 0.911. The van der Waals surface area contributed by atoms with Crippen LogP contribution < -0.4 is 15.2 Å². The summed E-state index contributed by atoms with van der Waals surface area (Å²) < 4.78 is 27.1. The summed E-state index contributed by atoms with van der Waals surface area (Å²) in [6.07, 6.45) is 1.35. The van der Waals surface area contributed by atoms with Crippen molar-refractivity contribution in [2.45, 2.75) is 6.92 Å². The van der Waals surface area contributed by atoms with E-state index in [0.717, 1.165) is 0 Å². The minimum atomic E-state index is -3.60. The molecule has 0 amide bonds. The molecule has 0 aliphatic rings. The van der Waals surface area contributed by atoms with Crippen molar-refractivity contribution in [3.8, 4) is 0 Å². The maximum atomic E-state index is 11.3. The number of nitrogens with zero attached hydrogens (tertiary/aromatic N) is 1. The minimum absolute atomic E-state index is 0.0675. The second-order valence-electron chi connectivity index (χ2n) is 2.63. The molecule has 84 valence electrons. The zero-order valence-corrected chi connectivity index (χ0v) is 9.58. The van der Waals surface area contributed by atoms with Crippen LogP contribution in [0.5, 0.6) is 0 Å². The number of aromatic nitrogens is 2. The summed E-state index contributed by atoms with van der Waals surface area (Å²) >= 11 is 4.72. The molecule has 0 aliphatic carbocycles. The van der Waals surface area contributed by atoms with E-state index < -0.39 is 10.2 Å². The first kappa shape index (κ1) is 11.9. The standard InChI is InChI=1S/C6H11N5O2S2/c1-2-9-15(12,13)11-6-4(5(7)14)3-8-10-6/h3,9H,2H2,1H3,(H2,7,14)(H2,8,10,11). The molecule has 0 aliphatic heterocycles. The van der Waals surface area contributed by atoms with Crippen molar-refractivity contribution in [2.75, 3.05) is 11.3 Å². The van der Waals surface area contributed by atoms with Gasteiger partial charge in [-0.15, -0.1) is 0 Å². The SMILES string of the molecule is CCNS(=O)(=O)Nc1[nH]ncc1C(N)=S. The smallest absolute Gasteiger partial charge is 0.300 e. The van der Waals surface area contributed by atoms with Crippen molar-refractivity contribution in [1.82, 2.24) is 14.9 Å². The third-order valence-corrected chi connectivity index (χ3v) is 2.84. The topological polar surface area (TPSA) is 113 Å². The summed E-state index contributed by atoms with van der Waals surface area (Å²) in [5, 5.41) is 6.09. The monoisotopic (exact) mass is 249 g/mol. The molecule has 0 aromatic carbocycles. The van der Waals surface area contributed by atoms with Crippen LogP contribution in [0.3, 0.4) is 0 Å². The number of nitrogens with two attached hydrogens (primary N) is 1. The van der Waals surface area contributed by atoms with Crippen molar-refractivity contribution >= 4 is 33.2 Å². The molecule has 0 unspecified atom stereocenters. The number of thiocarbonyl (C=S) groups is 1. The lowest BCUT2D eigenvalue weighted by molar-refractivity contribution is 0.589. The van der Waals surface area contributed by atoms with Crippen molar-refractivity contribution in [3.05, 3.63) is 11.8 Å². The van der Waals surface area contributed by atoms with E-state index in [-0.39, 0.29) is 17.4 Å². The Morgan fingerprint density at radius 3 is 2.93 bits per heavy atom. The zero-order valence-electron chi connectivity index (χ0n) is 7.94. The first-order valence-electron chi connectivity index (χ1n) is 4.07. The highest BCUT2D eigenvalue weighted by molar-refractivity contribution is 7.90. The molecule has 1 heterocycles. The lowest BCUT2D eigenvalue weighted by Crippen LogP contribution is -2.30. The van der Waals surface area contributed by atoms with E-state index in [1.54, 1.807) is 6.92 Å². The van der Waals surface area contributed by atoms with Crippen LogP contribution in [0, 0.1) is 0 Å². The maximum absolute atomic E-state index is 11.3. The Kier molecular flexibility index (Phi) is 3.61. The van der Waals surface area contributed by atoms with Gasteiger partial charge in [0.2, 0.25) is 0 Å². The van der Waals surface area contributed by atoms with Gasteiger partial charge in [0.05, 0.1) is 11.8 Å². The van der Waals surface area contributed by atoms with Crippen molar-refractivity contribution in [3.63, 3.8) is 0 Å². The molecule has 1 rings (SSSR count). The average Bonchev–Trinajstić information content (AvgIpc) is 2.50. The molecule has 0 radical (unpaired) electrons. The molecule has 0 fully saturated rings. The van der Waals surface area contributed by atoms with Gasteiger partial charge in [-0.3, -0.25) is 9.82 Å². The van der Waals surface area contributed by atoms with Gasteiger partial charge in [-0.25, -0.2) is 0 Å². The Morgan fingerprint density at radius 1 is 1.73 bits per heavy atom. The van der Waals surface area contributed by atoms with Crippen molar-refractivity contribution < 1.29 is 8.42 Å². The molecule has 1 aromatic heterocycles. The van der Waals surface area contributed by atoms with E-state index in [9.17, 15) is 8.42 Å². The zero-order chi connectivity index (χ0) is 11.5. The van der Waals surface area contributed by atoms with Gasteiger partial charge in [0.1, 0.15) is 10.8 Å². The van der Waals surface area contributed by atoms with Crippen molar-refractivity contribution in [2.24, 2.45) is 5.73 Å². The molecular weight excluding hydrogens is 238 g/mol. The number of nitrogens with one attached hydrogen (secondary N) is 3. The summed E-state index contributed by atoms with van der Waals surface area (Å²) in [4.78, 5) is 0.0675. The fourth-order valence-corrected chi connectivity index (χ4v) is 1.94. The predicted molar refractivity (Wildman–Crippen MR) is 60.7 cm³/mol. The van der Waals surface area contributed by atoms with Crippen LogP contribution in [-0.4, -0.2) is 30.1 Å². The molecule has 0 saturated heterocycles. The molecule has 0 bridgehead atoms. The first-order valence-corrected chi connectivity index (χ1v) is 5.96. The highest BCUT2D eigenvalue weighted by Gasteiger charge is 2.14. The molecule has 9 heteroatoms. The number of hydrogen-bond acceptors (Lipinski definition) is 4. The largest absolute Gasteiger partial charge is 0.389 e. The van der Waals surface area contributed by atoms with E-state index in [1.165, 1.54) is 6.20 Å². The second-order valence-corrected chi connectivity index (χ2v) is 4.57. The normalized spacial score (nSPS) is 11.3. The fraction of sp³-hybridized carbons (Fsp3) is 0.333. The Balaban J connectivity index is 2.90. The van der Waals surface area contributed by atoms with Gasteiger partial charge in [-0.1, -0.05) is 19.1 Å². The first-order chi connectivity index (χ1) is 6.96. The van der Waals surface area contributed by atoms with Crippen molar-refractivity contribution in [1.29, 1.82) is 0 Å². The summed E-state index contributed by atoms with van der Waals surface area (Å²) in [7, 11) is -3.60. The van der Waals surface area contributed by atoms with Gasteiger partial charge in [0.25, 0.3) is 10.2 Å². The summed E-state index contributed by atoms with van der Waals surface area (Å²) in [5.74, 6) is 0.156. The Labute approximate surface area is 92.6 Å². The number of aromatic amines is 1. The van der Waals surface area contributed by atoms with Crippen LogP contribution in [-0.2, 0) is 10.2 Å². The molecule has 0 saturated carbocycles. The van der Waals surface area contributed by atoms with Gasteiger partial charge in [0.15, 0.2) is 0 Å². The maximum Gasteiger partial charge on any atom is 0.300 e. The molecule has 5 N–H and O–H groups in total. The highest BCUT2D eigenvalue weighted by atomic mass is 32.2. The Morgan fingerprint density at radius 2 is 2.40 bits per heavy atom. The van der Waals surface area contributed by atoms with Gasteiger partial charge in [-0.2, -0.15) is 18.2 Å². The van der Waals surface area contributed by atoms with Gasteiger partial charge in [0, 0.05) is 6.54 Å². The number of hydrogen-bond donors (Lipinski definition) is 4. The number of H-pyrrole nitrogens is 1. The third-order valence-electron chi connectivity index (χ3n) is 1.48. The van der Waals surface area contributed by atoms with Crippen LogP contribution in [0.2, 0.25) is 0 Å². The van der Waals surface area contributed by atoms with Crippen LogP contribution >= 0.6 is 12.2 Å². The lowest BCUT2D eigenvalue weighted by atomic mass is 10.3. The van der Waals surface area contributed by atoms with Gasteiger partial charge >= 0.3 is 0 Å². The van der Waals surface area contributed by atoms with E-state index in [2.05, 4.69) is 19.6 Å². The van der Waals surface area contributed by atoms with Gasteiger partial charge < -0.3 is 5.73 Å². The molecular formula is C6H11N5O2S2. The summed E-state index contributed by atoms with van der Waals surface area (Å²) in [6.45, 7) is 1.95. The van der Waals surface area contributed by atoms with Gasteiger partial charge in [-0.05, 0) is 0 Å². The van der Waals surface area contributed by atoms with E-state index in [0.29, 0.717) is 5.56 Å². The number of anilines is 1. The minimum Gasteiger partial charge on any atom is -0.389 e. The molecule has 0 spiro atoms. The summed E-state index contributed by atoms with van der Waals surface area (Å²) in [6, 6.07) is 0. The predicted octanol–water partition coefficient (Wildman–Crippen LogP) is -0.690. The van der Waals surface area contributed by atoms with E-state index >= 15 is 0 Å². The number of rotatable bonds is 5. The average molecular weight is 249 g/mol. The van der Waals surface area contributed by atoms with Crippen LogP contribution in [0.15, 0.2) is 6.20 Å². The van der Waals surface area contributed by atoms with Crippen LogP contribution in [0.25, 0.3) is 0 Å². The lowest BCUT2D eigenvalue weighted by Gasteiger charge is -2.06. The van der Waals surface area contributed by atoms with E-state index in [1.807, 2.05) is 0 Å². The Bertz CT molecular complexity index is 452. The molecule has 7 nitrogen and oxygen atoms in total. The Hall–Kier alpha value is -1.19. The quantitative estimate of drug-likeness (QED) is 0.516. The second kappa shape index (κ2) is 4.55. The van der Waals surface area contributed by atoms with E-state index in [4.69, 9.17) is 18.0 Å². The van der Waals surface area contributed by atoms with Crippen LogP contribution in [0.1, 0.15) is 12.5 Å². The molecule has 1 aromatic rings. The summed E-state index contributed by atoms with van der Waals surface area (Å²) in [5.41, 5.74) is 5.72.